The largest absolute Gasteiger partial charge is 0.187 e. The molecule has 4 nitrogen and oxygen atoms in total. The van der Waals surface area contributed by atoms with E-state index in [1.807, 2.05) is 42.5 Å². The minimum atomic E-state index is 0.700. The Morgan fingerprint density at radius 3 is 2.62 bits per heavy atom. The summed E-state index contributed by atoms with van der Waals surface area (Å²) in [6.45, 7) is 0. The maximum absolute atomic E-state index is 4.36. The minimum Gasteiger partial charge on any atom is -0.187 e. The first-order valence-corrected chi connectivity index (χ1v) is 5.26. The quantitative estimate of drug-likeness (QED) is 0.648. The predicted molar refractivity (Wildman–Crippen MR) is 63.5 cm³/mol. The van der Waals surface area contributed by atoms with Crippen molar-refractivity contribution in [3.05, 3.63) is 42.5 Å². The highest BCUT2D eigenvalue weighted by molar-refractivity contribution is 7.80. The molecule has 5 heteroatoms. The van der Waals surface area contributed by atoms with Crippen molar-refractivity contribution < 1.29 is 0 Å². The lowest BCUT2D eigenvalue weighted by molar-refractivity contribution is 0.775. The van der Waals surface area contributed by atoms with Crippen molar-refractivity contribution in [3.8, 4) is 11.1 Å². The molecule has 0 atom stereocenters. The monoisotopic (exact) mass is 228 g/mol. The van der Waals surface area contributed by atoms with Gasteiger partial charge in [-0.15, -0.1) is 17.7 Å². The highest BCUT2D eigenvalue weighted by Gasteiger charge is 2.05. The average Bonchev–Trinajstić information content (AvgIpc) is 2.79. The van der Waals surface area contributed by atoms with Crippen LogP contribution in [0.2, 0.25) is 0 Å². The molecule has 0 aliphatic rings. The molecular formula is C11H8N4S. The number of hydrogen-bond acceptors (Lipinski definition) is 4. The van der Waals surface area contributed by atoms with Crippen LogP contribution in [-0.2, 0) is 0 Å². The SMILES string of the molecule is Sc1cc(-c2ccccc2)cc2nnnn12. The zero-order valence-corrected chi connectivity index (χ0v) is 9.17. The maximum atomic E-state index is 4.36. The number of tetrazole rings is 1. The number of hydrogen-bond donors (Lipinski definition) is 1. The Bertz CT molecular complexity index is 633. The van der Waals surface area contributed by atoms with Gasteiger partial charge in [-0.2, -0.15) is 4.52 Å². The molecule has 0 saturated carbocycles. The van der Waals surface area contributed by atoms with E-state index in [-0.39, 0.29) is 0 Å². The van der Waals surface area contributed by atoms with E-state index in [4.69, 9.17) is 0 Å². The van der Waals surface area contributed by atoms with Crippen molar-refractivity contribution in [2.24, 2.45) is 0 Å². The predicted octanol–water partition coefficient (Wildman–Crippen LogP) is 2.08. The van der Waals surface area contributed by atoms with Gasteiger partial charge in [0.2, 0.25) is 0 Å². The smallest absolute Gasteiger partial charge is 0.181 e. The molecule has 3 aromatic rings. The molecule has 0 spiro atoms. The zero-order chi connectivity index (χ0) is 11.0. The number of benzene rings is 1. The second-order valence-electron chi connectivity index (χ2n) is 3.42. The summed E-state index contributed by atoms with van der Waals surface area (Å²) >= 11 is 4.36. The summed E-state index contributed by atoms with van der Waals surface area (Å²) in [7, 11) is 0. The van der Waals surface area contributed by atoms with Gasteiger partial charge in [-0.25, -0.2) is 0 Å². The van der Waals surface area contributed by atoms with E-state index in [0.717, 1.165) is 16.2 Å². The summed E-state index contributed by atoms with van der Waals surface area (Å²) < 4.78 is 1.59. The molecule has 0 fully saturated rings. The van der Waals surface area contributed by atoms with Gasteiger partial charge in [0.25, 0.3) is 0 Å². The van der Waals surface area contributed by atoms with Gasteiger partial charge in [0.05, 0.1) is 5.03 Å². The normalized spacial score (nSPS) is 10.8. The summed E-state index contributed by atoms with van der Waals surface area (Å²) in [5, 5.41) is 12.1. The lowest BCUT2D eigenvalue weighted by atomic mass is 10.1. The van der Waals surface area contributed by atoms with E-state index >= 15 is 0 Å². The van der Waals surface area contributed by atoms with Crippen LogP contribution in [0.5, 0.6) is 0 Å². The van der Waals surface area contributed by atoms with Crippen LogP contribution in [-0.4, -0.2) is 20.0 Å². The molecular weight excluding hydrogens is 220 g/mol. The van der Waals surface area contributed by atoms with E-state index in [1.54, 1.807) is 4.52 Å². The molecule has 2 aromatic heterocycles. The topological polar surface area (TPSA) is 43.1 Å². The van der Waals surface area contributed by atoms with Crippen molar-refractivity contribution in [1.29, 1.82) is 0 Å². The van der Waals surface area contributed by atoms with Gasteiger partial charge in [-0.3, -0.25) is 0 Å². The molecule has 78 valence electrons. The first-order valence-electron chi connectivity index (χ1n) is 4.81. The van der Waals surface area contributed by atoms with Crippen LogP contribution in [0.4, 0.5) is 0 Å². The number of thiol groups is 1. The zero-order valence-electron chi connectivity index (χ0n) is 8.28. The minimum absolute atomic E-state index is 0.700. The molecule has 0 aliphatic heterocycles. The molecule has 0 unspecified atom stereocenters. The van der Waals surface area contributed by atoms with Crippen molar-refractivity contribution in [2.45, 2.75) is 5.03 Å². The molecule has 0 radical (unpaired) electrons. The van der Waals surface area contributed by atoms with Crippen LogP contribution in [0, 0.1) is 0 Å². The van der Waals surface area contributed by atoms with Gasteiger partial charge in [-0.05, 0) is 33.7 Å². The molecule has 0 aliphatic carbocycles. The maximum Gasteiger partial charge on any atom is 0.181 e. The number of nitrogens with zero attached hydrogens (tertiary/aromatic N) is 4. The van der Waals surface area contributed by atoms with Gasteiger partial charge < -0.3 is 0 Å². The summed E-state index contributed by atoms with van der Waals surface area (Å²) in [5.41, 5.74) is 2.89. The Balaban J connectivity index is 2.25. The fourth-order valence-electron chi connectivity index (χ4n) is 1.63. The fourth-order valence-corrected chi connectivity index (χ4v) is 1.91. The lowest BCUT2D eigenvalue weighted by Crippen LogP contribution is -1.91. The molecule has 2 heterocycles. The molecule has 16 heavy (non-hydrogen) atoms. The molecule has 0 saturated heterocycles. The first-order chi connectivity index (χ1) is 7.84. The van der Waals surface area contributed by atoms with Crippen LogP contribution in [0.1, 0.15) is 0 Å². The third-order valence-electron chi connectivity index (χ3n) is 2.39. The van der Waals surface area contributed by atoms with Crippen molar-refractivity contribution in [1.82, 2.24) is 20.0 Å². The van der Waals surface area contributed by atoms with E-state index in [2.05, 4.69) is 28.2 Å². The van der Waals surface area contributed by atoms with Crippen LogP contribution in [0.25, 0.3) is 16.8 Å². The van der Waals surface area contributed by atoms with E-state index in [0.29, 0.717) is 5.65 Å². The molecule has 0 amide bonds. The van der Waals surface area contributed by atoms with Crippen LogP contribution >= 0.6 is 12.6 Å². The number of rotatable bonds is 1. The Labute approximate surface area is 97.3 Å². The van der Waals surface area contributed by atoms with E-state index in [1.165, 1.54) is 0 Å². The van der Waals surface area contributed by atoms with Gasteiger partial charge in [-0.1, -0.05) is 30.3 Å². The van der Waals surface area contributed by atoms with Crippen LogP contribution in [0.15, 0.2) is 47.5 Å². The molecule has 0 bridgehead atoms. The van der Waals surface area contributed by atoms with Crippen LogP contribution < -0.4 is 0 Å². The van der Waals surface area contributed by atoms with Crippen LogP contribution in [0.3, 0.4) is 0 Å². The molecule has 0 N–H and O–H groups in total. The number of pyridine rings is 1. The van der Waals surface area contributed by atoms with E-state index in [9.17, 15) is 0 Å². The molecule has 3 rings (SSSR count). The third-order valence-corrected chi connectivity index (χ3v) is 2.71. The Kier molecular flexibility index (Phi) is 2.11. The first kappa shape index (κ1) is 9.35. The number of aromatic nitrogens is 4. The fraction of sp³-hybridized carbons (Fsp3) is 0. The summed E-state index contributed by atoms with van der Waals surface area (Å²) in [4.78, 5) is 0. The Hall–Kier alpha value is -1.88. The van der Waals surface area contributed by atoms with Crippen molar-refractivity contribution in [3.63, 3.8) is 0 Å². The van der Waals surface area contributed by atoms with Gasteiger partial charge in [0.1, 0.15) is 0 Å². The van der Waals surface area contributed by atoms with Gasteiger partial charge in [0, 0.05) is 0 Å². The van der Waals surface area contributed by atoms with E-state index < -0.39 is 0 Å². The summed E-state index contributed by atoms with van der Waals surface area (Å²) in [6.07, 6.45) is 0. The lowest BCUT2D eigenvalue weighted by Gasteiger charge is -2.03. The van der Waals surface area contributed by atoms with Crippen molar-refractivity contribution >= 4 is 18.3 Å². The Morgan fingerprint density at radius 1 is 1.00 bits per heavy atom. The average molecular weight is 228 g/mol. The van der Waals surface area contributed by atoms with Crippen molar-refractivity contribution in [2.75, 3.05) is 0 Å². The third kappa shape index (κ3) is 1.45. The number of fused-ring (bicyclic) bond motifs is 1. The second kappa shape index (κ2) is 3.61. The van der Waals surface area contributed by atoms with Gasteiger partial charge >= 0.3 is 0 Å². The highest BCUT2D eigenvalue weighted by Crippen LogP contribution is 2.22. The molecule has 1 aromatic carbocycles. The summed E-state index contributed by atoms with van der Waals surface area (Å²) in [6, 6.07) is 14.0. The van der Waals surface area contributed by atoms with Gasteiger partial charge in [0.15, 0.2) is 5.65 Å². The standard InChI is InChI=1S/C11H8N4S/c16-11-7-9(8-4-2-1-3-5-8)6-10-12-13-14-15(10)11/h1-7,16H. The summed E-state index contributed by atoms with van der Waals surface area (Å²) in [5.74, 6) is 0. The second-order valence-corrected chi connectivity index (χ2v) is 3.88. The Morgan fingerprint density at radius 2 is 1.81 bits per heavy atom. The highest BCUT2D eigenvalue weighted by atomic mass is 32.1.